The Labute approximate surface area is 118 Å². The fraction of sp³-hybridized carbons (Fsp3) is 0.647. The molecule has 0 spiro atoms. The molecule has 0 amide bonds. The largest absolute Gasteiger partial charge is 0.383 e. The summed E-state index contributed by atoms with van der Waals surface area (Å²) in [6.07, 6.45) is 7.95. The molecular formula is C17H29NO. The van der Waals surface area contributed by atoms with Gasteiger partial charge in [0.05, 0.1) is 6.61 Å². The summed E-state index contributed by atoms with van der Waals surface area (Å²) in [5.74, 6) is 0. The Morgan fingerprint density at radius 2 is 1.68 bits per heavy atom. The molecule has 19 heavy (non-hydrogen) atoms. The molecule has 1 aromatic carbocycles. The lowest BCUT2D eigenvalue weighted by Gasteiger charge is -2.09. The first-order valence-electron chi connectivity index (χ1n) is 7.72. The van der Waals surface area contributed by atoms with Gasteiger partial charge in [-0.2, -0.15) is 0 Å². The maximum atomic E-state index is 5.64. The third-order valence-corrected chi connectivity index (χ3v) is 3.35. The second kappa shape index (κ2) is 10.9. The Balaban J connectivity index is 1.90. The van der Waals surface area contributed by atoms with Crippen LogP contribution in [0.3, 0.4) is 0 Å². The number of anilines is 1. The van der Waals surface area contributed by atoms with Gasteiger partial charge in [0.2, 0.25) is 0 Å². The Kier molecular flexibility index (Phi) is 9.17. The van der Waals surface area contributed by atoms with E-state index in [-0.39, 0.29) is 0 Å². The van der Waals surface area contributed by atoms with Crippen LogP contribution >= 0.6 is 0 Å². The minimum atomic E-state index is 0.795. The number of benzene rings is 1. The van der Waals surface area contributed by atoms with Gasteiger partial charge in [-0.1, -0.05) is 57.2 Å². The first-order valence-corrected chi connectivity index (χ1v) is 7.72. The maximum absolute atomic E-state index is 5.64. The van der Waals surface area contributed by atoms with E-state index >= 15 is 0 Å². The SMILES string of the molecule is CCCCCCCCOCCNc1ccccc1C. The Morgan fingerprint density at radius 1 is 0.947 bits per heavy atom. The van der Waals surface area contributed by atoms with Crippen molar-refractivity contribution in [2.24, 2.45) is 0 Å². The van der Waals surface area contributed by atoms with Crippen LogP contribution < -0.4 is 5.32 Å². The number of rotatable bonds is 11. The fourth-order valence-electron chi connectivity index (χ4n) is 2.12. The molecule has 0 saturated carbocycles. The van der Waals surface area contributed by atoms with Crippen LogP contribution in [-0.4, -0.2) is 19.8 Å². The molecule has 0 aromatic heterocycles. The normalized spacial score (nSPS) is 10.6. The highest BCUT2D eigenvalue weighted by Gasteiger charge is 1.95. The number of ether oxygens (including phenoxy) is 1. The number of hydrogen-bond acceptors (Lipinski definition) is 2. The number of aryl methyl sites for hydroxylation is 1. The smallest absolute Gasteiger partial charge is 0.0639 e. The van der Waals surface area contributed by atoms with Gasteiger partial charge in [0.25, 0.3) is 0 Å². The van der Waals surface area contributed by atoms with Crippen molar-refractivity contribution in [3.8, 4) is 0 Å². The average Bonchev–Trinajstić information content (AvgIpc) is 2.43. The molecule has 1 rings (SSSR count). The van der Waals surface area contributed by atoms with Crippen LogP contribution in [0.4, 0.5) is 5.69 Å². The van der Waals surface area contributed by atoms with Gasteiger partial charge in [0, 0.05) is 18.8 Å². The highest BCUT2D eigenvalue weighted by molar-refractivity contribution is 5.50. The third-order valence-electron chi connectivity index (χ3n) is 3.35. The summed E-state index contributed by atoms with van der Waals surface area (Å²) < 4.78 is 5.64. The van der Waals surface area contributed by atoms with Gasteiger partial charge in [-0.25, -0.2) is 0 Å². The van der Waals surface area contributed by atoms with E-state index in [1.54, 1.807) is 0 Å². The van der Waals surface area contributed by atoms with Crippen LogP contribution in [0.15, 0.2) is 24.3 Å². The quantitative estimate of drug-likeness (QED) is 0.580. The van der Waals surface area contributed by atoms with Crippen LogP contribution in [0, 0.1) is 6.92 Å². The van der Waals surface area contributed by atoms with E-state index in [1.807, 2.05) is 0 Å². The maximum Gasteiger partial charge on any atom is 0.0639 e. The van der Waals surface area contributed by atoms with Crippen molar-refractivity contribution in [3.63, 3.8) is 0 Å². The second-order valence-electron chi connectivity index (χ2n) is 5.12. The summed E-state index contributed by atoms with van der Waals surface area (Å²) >= 11 is 0. The predicted molar refractivity (Wildman–Crippen MR) is 83.9 cm³/mol. The van der Waals surface area contributed by atoms with Crippen LogP contribution in [0.5, 0.6) is 0 Å². The van der Waals surface area contributed by atoms with Crippen molar-refractivity contribution in [2.45, 2.75) is 52.4 Å². The van der Waals surface area contributed by atoms with E-state index < -0.39 is 0 Å². The summed E-state index contributed by atoms with van der Waals surface area (Å²) in [5.41, 5.74) is 2.50. The van der Waals surface area contributed by atoms with Gasteiger partial charge >= 0.3 is 0 Å². The number of hydrogen-bond donors (Lipinski definition) is 1. The molecule has 0 bridgehead atoms. The summed E-state index contributed by atoms with van der Waals surface area (Å²) in [7, 11) is 0. The molecule has 0 fully saturated rings. The second-order valence-corrected chi connectivity index (χ2v) is 5.12. The zero-order chi connectivity index (χ0) is 13.8. The first kappa shape index (κ1) is 16.0. The predicted octanol–water partition coefficient (Wildman–Crippen LogP) is 4.78. The molecule has 1 N–H and O–H groups in total. The van der Waals surface area contributed by atoms with Gasteiger partial charge in [0.15, 0.2) is 0 Å². The molecule has 2 heteroatoms. The molecule has 0 aliphatic heterocycles. The lowest BCUT2D eigenvalue weighted by Crippen LogP contribution is -2.10. The number of nitrogens with one attached hydrogen (secondary N) is 1. The van der Waals surface area contributed by atoms with Gasteiger partial charge in [0.1, 0.15) is 0 Å². The zero-order valence-electron chi connectivity index (χ0n) is 12.6. The topological polar surface area (TPSA) is 21.3 Å². The van der Waals surface area contributed by atoms with Gasteiger partial charge < -0.3 is 10.1 Å². The van der Waals surface area contributed by atoms with Crippen molar-refractivity contribution in [2.75, 3.05) is 25.1 Å². The van der Waals surface area contributed by atoms with Crippen LogP contribution in [-0.2, 0) is 4.74 Å². The van der Waals surface area contributed by atoms with E-state index in [2.05, 4.69) is 43.4 Å². The van der Waals surface area contributed by atoms with Crippen molar-refractivity contribution < 1.29 is 4.74 Å². The summed E-state index contributed by atoms with van der Waals surface area (Å²) in [6.45, 7) is 6.97. The van der Waals surface area contributed by atoms with Crippen molar-refractivity contribution in [1.82, 2.24) is 0 Å². The monoisotopic (exact) mass is 263 g/mol. The minimum absolute atomic E-state index is 0.795. The molecule has 0 aliphatic carbocycles. The fourth-order valence-corrected chi connectivity index (χ4v) is 2.12. The van der Waals surface area contributed by atoms with E-state index in [4.69, 9.17) is 4.74 Å². The number of unbranched alkanes of at least 4 members (excludes halogenated alkanes) is 5. The third kappa shape index (κ3) is 7.89. The van der Waals surface area contributed by atoms with Crippen molar-refractivity contribution >= 4 is 5.69 Å². The molecule has 0 aliphatic rings. The Hall–Kier alpha value is -1.02. The van der Waals surface area contributed by atoms with Crippen LogP contribution in [0.1, 0.15) is 51.0 Å². The summed E-state index contributed by atoms with van der Waals surface area (Å²) in [4.78, 5) is 0. The molecule has 0 saturated heterocycles. The Morgan fingerprint density at radius 3 is 2.47 bits per heavy atom. The molecule has 1 aromatic rings. The van der Waals surface area contributed by atoms with Crippen molar-refractivity contribution in [1.29, 1.82) is 0 Å². The Bertz CT molecular complexity index is 325. The van der Waals surface area contributed by atoms with Gasteiger partial charge in [-0.05, 0) is 25.0 Å². The van der Waals surface area contributed by atoms with Gasteiger partial charge in [-0.3, -0.25) is 0 Å². The first-order chi connectivity index (χ1) is 9.34. The average molecular weight is 263 g/mol. The van der Waals surface area contributed by atoms with E-state index in [0.29, 0.717) is 0 Å². The molecule has 2 nitrogen and oxygen atoms in total. The van der Waals surface area contributed by atoms with Crippen LogP contribution in [0.25, 0.3) is 0 Å². The lowest BCUT2D eigenvalue weighted by atomic mass is 10.1. The molecule has 0 heterocycles. The minimum Gasteiger partial charge on any atom is -0.383 e. The lowest BCUT2D eigenvalue weighted by molar-refractivity contribution is 0.139. The summed E-state index contributed by atoms with van der Waals surface area (Å²) in [6, 6.07) is 8.37. The summed E-state index contributed by atoms with van der Waals surface area (Å²) in [5, 5.41) is 3.41. The van der Waals surface area contributed by atoms with Gasteiger partial charge in [-0.15, -0.1) is 0 Å². The van der Waals surface area contributed by atoms with Crippen molar-refractivity contribution in [3.05, 3.63) is 29.8 Å². The highest BCUT2D eigenvalue weighted by Crippen LogP contribution is 2.12. The standard InChI is InChI=1S/C17H29NO/c1-3-4-5-6-7-10-14-19-15-13-18-17-12-9-8-11-16(17)2/h8-9,11-12,18H,3-7,10,13-15H2,1-2H3. The molecule has 108 valence electrons. The molecule has 0 radical (unpaired) electrons. The van der Waals surface area contributed by atoms with E-state index in [0.717, 1.165) is 19.8 Å². The van der Waals surface area contributed by atoms with E-state index in [1.165, 1.54) is 49.8 Å². The zero-order valence-corrected chi connectivity index (χ0v) is 12.6. The van der Waals surface area contributed by atoms with E-state index in [9.17, 15) is 0 Å². The van der Waals surface area contributed by atoms with Crippen LogP contribution in [0.2, 0.25) is 0 Å². The number of para-hydroxylation sites is 1. The highest BCUT2D eigenvalue weighted by atomic mass is 16.5. The molecular weight excluding hydrogens is 234 g/mol. The molecule has 0 unspecified atom stereocenters. The molecule has 0 atom stereocenters.